The van der Waals surface area contributed by atoms with Gasteiger partial charge >= 0.3 is 0 Å². The van der Waals surface area contributed by atoms with Gasteiger partial charge in [-0.15, -0.1) is 0 Å². The number of H-pyrrole nitrogens is 1. The summed E-state index contributed by atoms with van der Waals surface area (Å²) in [6.07, 6.45) is 5.52. The van der Waals surface area contributed by atoms with Crippen molar-refractivity contribution in [2.45, 2.75) is 51.1 Å². The van der Waals surface area contributed by atoms with E-state index < -0.39 is 0 Å². The molecule has 0 saturated heterocycles. The Morgan fingerprint density at radius 1 is 1.26 bits per heavy atom. The molecule has 0 saturated carbocycles. The molecule has 1 heterocycles. The predicted octanol–water partition coefficient (Wildman–Crippen LogP) is 4.04. The number of hydrogen-bond acceptors (Lipinski definition) is 2. The van der Waals surface area contributed by atoms with E-state index in [9.17, 15) is 10.1 Å². The number of benzene rings is 2. The number of rotatable bonds is 6. The van der Waals surface area contributed by atoms with Crippen LogP contribution in [0.4, 0.5) is 5.69 Å². The molecule has 5 heteroatoms. The predicted molar refractivity (Wildman–Crippen MR) is 107 cm³/mol. The first kappa shape index (κ1) is 17.7. The first-order chi connectivity index (χ1) is 13.1. The van der Waals surface area contributed by atoms with Crippen molar-refractivity contribution in [1.82, 2.24) is 4.98 Å². The summed E-state index contributed by atoms with van der Waals surface area (Å²) in [4.78, 5) is 14.4. The highest BCUT2D eigenvalue weighted by Gasteiger charge is 2.28. The smallest absolute Gasteiger partial charge is 0.270 e. The number of aromatic amines is 1. The number of nitro benzene ring substituents is 1. The third kappa shape index (κ3) is 3.74. The highest BCUT2D eigenvalue weighted by molar-refractivity contribution is 5.87. The summed E-state index contributed by atoms with van der Waals surface area (Å²) >= 11 is 0. The molecule has 2 atom stereocenters. The molecule has 0 amide bonds. The van der Waals surface area contributed by atoms with Crippen molar-refractivity contribution < 1.29 is 10.2 Å². The summed E-state index contributed by atoms with van der Waals surface area (Å²) in [5.74, 6) is 0. The van der Waals surface area contributed by atoms with Crippen molar-refractivity contribution in [1.29, 1.82) is 0 Å². The Bertz CT molecular complexity index is 949. The molecule has 1 aliphatic carbocycles. The van der Waals surface area contributed by atoms with Gasteiger partial charge in [0.25, 0.3) is 5.69 Å². The van der Waals surface area contributed by atoms with E-state index in [1.54, 1.807) is 12.1 Å². The quantitative estimate of drug-likeness (QED) is 0.512. The van der Waals surface area contributed by atoms with Crippen LogP contribution in [0.15, 0.2) is 48.5 Å². The molecule has 0 spiro atoms. The van der Waals surface area contributed by atoms with E-state index in [0.717, 1.165) is 43.0 Å². The fourth-order valence-electron chi connectivity index (χ4n) is 4.32. The number of nitro groups is 1. The number of fused-ring (bicyclic) bond motifs is 3. The third-order valence-corrected chi connectivity index (χ3v) is 5.74. The van der Waals surface area contributed by atoms with E-state index in [0.29, 0.717) is 12.1 Å². The number of nitrogens with zero attached hydrogens (tertiary/aromatic N) is 1. The molecule has 0 radical (unpaired) electrons. The summed E-state index contributed by atoms with van der Waals surface area (Å²) < 4.78 is 0. The molecule has 1 aliphatic rings. The van der Waals surface area contributed by atoms with Crippen molar-refractivity contribution in [3.8, 4) is 0 Å². The number of aromatic nitrogens is 1. The van der Waals surface area contributed by atoms with E-state index in [-0.39, 0.29) is 10.6 Å². The van der Waals surface area contributed by atoms with Gasteiger partial charge in [0.05, 0.1) is 16.7 Å². The van der Waals surface area contributed by atoms with Crippen molar-refractivity contribution >= 4 is 16.6 Å². The fourth-order valence-corrected chi connectivity index (χ4v) is 4.32. The molecule has 2 aromatic carbocycles. The van der Waals surface area contributed by atoms with Crippen LogP contribution < -0.4 is 5.32 Å². The molecule has 0 unspecified atom stereocenters. The van der Waals surface area contributed by atoms with Crippen molar-refractivity contribution in [2.24, 2.45) is 0 Å². The fraction of sp³-hybridized carbons (Fsp3) is 0.364. The molecular formula is C22H26N3O2+. The van der Waals surface area contributed by atoms with Gasteiger partial charge in [-0.3, -0.25) is 10.1 Å². The van der Waals surface area contributed by atoms with E-state index in [1.165, 1.54) is 16.8 Å². The van der Waals surface area contributed by atoms with Crippen LogP contribution in [0.5, 0.6) is 0 Å². The van der Waals surface area contributed by atoms with Gasteiger partial charge in [-0.2, -0.15) is 0 Å². The van der Waals surface area contributed by atoms with Crippen LogP contribution in [-0.2, 0) is 12.8 Å². The zero-order valence-electron chi connectivity index (χ0n) is 15.7. The van der Waals surface area contributed by atoms with Crippen LogP contribution in [0.2, 0.25) is 0 Å². The largest absolute Gasteiger partial charge is 0.353 e. The second-order valence-electron chi connectivity index (χ2n) is 7.70. The van der Waals surface area contributed by atoms with E-state index in [1.807, 2.05) is 6.07 Å². The molecular weight excluding hydrogens is 338 g/mol. The van der Waals surface area contributed by atoms with Gasteiger partial charge in [0, 0.05) is 35.9 Å². The van der Waals surface area contributed by atoms with Gasteiger partial charge in [-0.25, -0.2) is 0 Å². The summed E-state index contributed by atoms with van der Waals surface area (Å²) in [5.41, 5.74) is 5.12. The number of quaternary nitrogens is 1. The maximum atomic E-state index is 11.1. The van der Waals surface area contributed by atoms with Crippen LogP contribution in [-0.4, -0.2) is 15.9 Å². The lowest BCUT2D eigenvalue weighted by Crippen LogP contribution is -2.90. The highest BCUT2D eigenvalue weighted by atomic mass is 16.6. The van der Waals surface area contributed by atoms with Crippen LogP contribution in [0.1, 0.15) is 49.0 Å². The lowest BCUT2D eigenvalue weighted by molar-refractivity contribution is -0.727. The minimum Gasteiger partial charge on any atom is -0.353 e. The van der Waals surface area contributed by atoms with E-state index in [4.69, 9.17) is 0 Å². The molecule has 0 fully saturated rings. The van der Waals surface area contributed by atoms with E-state index in [2.05, 4.69) is 47.6 Å². The molecule has 5 nitrogen and oxygen atoms in total. The SMILES string of the molecule is C[C@H](CCc1ccccc1)[NH2+][C@@H]1CCCc2c1[nH]c1ccc([N+](=O)[O-])cc21. The standard InChI is InChI=1S/C22H25N3O2/c1-15(10-11-16-6-3-2-4-7-16)23-21-9-5-8-18-19-14-17(25(26)27)12-13-20(19)24-22(18)21/h2-4,6-7,12-15,21,23-24H,5,8-11H2,1H3/p+1/t15-,21-/m1/s1. The zero-order valence-corrected chi connectivity index (χ0v) is 15.7. The molecule has 3 N–H and O–H groups in total. The molecule has 0 aliphatic heterocycles. The average molecular weight is 364 g/mol. The van der Waals surface area contributed by atoms with Gasteiger partial charge in [0.1, 0.15) is 6.04 Å². The Hall–Kier alpha value is -2.66. The zero-order chi connectivity index (χ0) is 18.8. The molecule has 140 valence electrons. The molecule has 1 aromatic heterocycles. The average Bonchev–Trinajstić information content (AvgIpc) is 3.06. The first-order valence-electron chi connectivity index (χ1n) is 9.79. The maximum Gasteiger partial charge on any atom is 0.270 e. The maximum absolute atomic E-state index is 11.1. The summed E-state index contributed by atoms with van der Waals surface area (Å²) in [6.45, 7) is 2.30. The van der Waals surface area contributed by atoms with Crippen LogP contribution in [0, 0.1) is 10.1 Å². The molecule has 3 aromatic rings. The number of aryl methyl sites for hydroxylation is 2. The Labute approximate surface area is 158 Å². The molecule has 4 rings (SSSR count). The van der Waals surface area contributed by atoms with Crippen LogP contribution >= 0.6 is 0 Å². The van der Waals surface area contributed by atoms with Gasteiger partial charge in [-0.1, -0.05) is 30.3 Å². The molecule has 27 heavy (non-hydrogen) atoms. The number of non-ortho nitro benzene ring substituents is 1. The Kier molecular flexibility index (Phi) is 4.94. The minimum atomic E-state index is -0.309. The number of nitrogens with one attached hydrogen (secondary N) is 1. The summed E-state index contributed by atoms with van der Waals surface area (Å²) in [5, 5.41) is 14.6. The molecule has 0 bridgehead atoms. The van der Waals surface area contributed by atoms with Crippen molar-refractivity contribution in [2.75, 3.05) is 0 Å². The Morgan fingerprint density at radius 3 is 2.85 bits per heavy atom. The lowest BCUT2D eigenvalue weighted by Gasteiger charge is -2.24. The number of nitrogens with two attached hydrogens (primary N) is 1. The van der Waals surface area contributed by atoms with Gasteiger partial charge in [-0.05, 0) is 43.4 Å². The minimum absolute atomic E-state index is 0.173. The van der Waals surface area contributed by atoms with Crippen LogP contribution in [0.3, 0.4) is 0 Å². The second kappa shape index (κ2) is 7.53. The monoisotopic (exact) mass is 364 g/mol. The lowest BCUT2D eigenvalue weighted by atomic mass is 9.91. The summed E-state index contributed by atoms with van der Waals surface area (Å²) in [7, 11) is 0. The van der Waals surface area contributed by atoms with Crippen molar-refractivity contribution in [3.05, 3.63) is 75.5 Å². The second-order valence-corrected chi connectivity index (χ2v) is 7.70. The number of hydrogen-bond donors (Lipinski definition) is 2. The first-order valence-corrected chi connectivity index (χ1v) is 9.79. The normalized spacial score (nSPS) is 17.6. The van der Waals surface area contributed by atoms with Crippen molar-refractivity contribution in [3.63, 3.8) is 0 Å². The summed E-state index contributed by atoms with van der Waals surface area (Å²) in [6, 6.07) is 16.7. The van der Waals surface area contributed by atoms with Gasteiger partial charge in [0.15, 0.2) is 0 Å². The highest BCUT2D eigenvalue weighted by Crippen LogP contribution is 2.34. The Balaban J connectivity index is 1.51. The Morgan fingerprint density at radius 2 is 2.07 bits per heavy atom. The van der Waals surface area contributed by atoms with E-state index >= 15 is 0 Å². The topological polar surface area (TPSA) is 75.5 Å². The van der Waals surface area contributed by atoms with Crippen LogP contribution in [0.25, 0.3) is 10.9 Å². The third-order valence-electron chi connectivity index (χ3n) is 5.74. The van der Waals surface area contributed by atoms with Gasteiger partial charge in [0.2, 0.25) is 0 Å². The van der Waals surface area contributed by atoms with Gasteiger partial charge < -0.3 is 10.3 Å².